The van der Waals surface area contributed by atoms with Crippen molar-refractivity contribution in [1.82, 2.24) is 4.57 Å². The molecule has 1 heterocycles. The van der Waals surface area contributed by atoms with Crippen molar-refractivity contribution in [3.8, 4) is 27.9 Å². The van der Waals surface area contributed by atoms with Gasteiger partial charge in [-0.05, 0) is 94.0 Å². The third-order valence-electron chi connectivity index (χ3n) is 9.80. The minimum atomic E-state index is 1.11. The molecule has 0 atom stereocenters. The predicted octanol–water partition coefficient (Wildman–Crippen LogP) is 13.8. The monoisotopic (exact) mass is 664 g/mol. The number of benzene rings is 8. The Morgan fingerprint density at radius 3 is 1.54 bits per heavy atom. The number of anilines is 3. The third-order valence-corrected chi connectivity index (χ3v) is 9.80. The molecule has 9 rings (SSSR count). The SMILES string of the molecule is C(=Cc1ccc(N(c2ccccc2)c2ccc3c(c2)c2ccccc2n3-c2ccc(-c3ccccc3-c3ccccc3)cc2)cc1)c1ccccc1. The van der Waals surface area contributed by atoms with Gasteiger partial charge in [-0.1, -0.05) is 158 Å². The van der Waals surface area contributed by atoms with Gasteiger partial charge in [0.05, 0.1) is 11.0 Å². The second-order valence-electron chi connectivity index (χ2n) is 13.0. The number of hydrogen-bond acceptors (Lipinski definition) is 1. The van der Waals surface area contributed by atoms with Crippen molar-refractivity contribution in [3.63, 3.8) is 0 Å². The topological polar surface area (TPSA) is 8.17 Å². The van der Waals surface area contributed by atoms with Gasteiger partial charge in [-0.25, -0.2) is 0 Å². The van der Waals surface area contributed by atoms with Crippen LogP contribution in [0, 0.1) is 0 Å². The van der Waals surface area contributed by atoms with Gasteiger partial charge in [0.1, 0.15) is 0 Å². The summed E-state index contributed by atoms with van der Waals surface area (Å²) in [6.45, 7) is 0. The molecule has 0 amide bonds. The molecule has 0 aliphatic carbocycles. The highest BCUT2D eigenvalue weighted by Crippen LogP contribution is 2.40. The summed E-state index contributed by atoms with van der Waals surface area (Å²) in [6.07, 6.45) is 4.33. The Bertz CT molecular complexity index is 2640. The molecule has 0 aliphatic rings. The molecule has 0 N–H and O–H groups in total. The number of hydrogen-bond donors (Lipinski definition) is 0. The molecule has 0 bridgehead atoms. The second-order valence-corrected chi connectivity index (χ2v) is 13.0. The molecule has 0 aliphatic heterocycles. The van der Waals surface area contributed by atoms with E-state index in [9.17, 15) is 0 Å². The molecular weight excluding hydrogens is 629 g/mol. The Hall–Kier alpha value is -6.90. The second kappa shape index (κ2) is 13.8. The molecule has 0 radical (unpaired) electrons. The zero-order valence-corrected chi connectivity index (χ0v) is 28.7. The van der Waals surface area contributed by atoms with Crippen LogP contribution >= 0.6 is 0 Å². The summed E-state index contributed by atoms with van der Waals surface area (Å²) in [7, 11) is 0. The lowest BCUT2D eigenvalue weighted by Crippen LogP contribution is -2.09. The fraction of sp³-hybridized carbons (Fsp3) is 0. The summed E-state index contributed by atoms with van der Waals surface area (Å²) in [5.41, 5.74) is 14.1. The number of fused-ring (bicyclic) bond motifs is 3. The summed E-state index contributed by atoms with van der Waals surface area (Å²) in [6, 6.07) is 73.7. The van der Waals surface area contributed by atoms with Gasteiger partial charge in [0, 0.05) is 33.5 Å². The number of para-hydroxylation sites is 2. The molecule has 8 aromatic carbocycles. The maximum absolute atomic E-state index is 2.39. The molecular formula is C50H36N2. The van der Waals surface area contributed by atoms with E-state index in [4.69, 9.17) is 0 Å². The molecule has 0 saturated heterocycles. The van der Waals surface area contributed by atoms with Gasteiger partial charge in [0.25, 0.3) is 0 Å². The molecule has 246 valence electrons. The Labute approximate surface area is 304 Å². The van der Waals surface area contributed by atoms with Crippen LogP contribution < -0.4 is 4.90 Å². The number of rotatable bonds is 8. The van der Waals surface area contributed by atoms with Crippen LogP contribution in [0.2, 0.25) is 0 Å². The van der Waals surface area contributed by atoms with Crippen molar-refractivity contribution in [2.45, 2.75) is 0 Å². The van der Waals surface area contributed by atoms with Crippen molar-refractivity contribution in [2.75, 3.05) is 4.90 Å². The maximum Gasteiger partial charge on any atom is 0.0542 e. The van der Waals surface area contributed by atoms with Gasteiger partial charge in [0.15, 0.2) is 0 Å². The molecule has 2 heteroatoms. The van der Waals surface area contributed by atoms with E-state index in [-0.39, 0.29) is 0 Å². The first-order valence-electron chi connectivity index (χ1n) is 17.8. The van der Waals surface area contributed by atoms with Crippen LogP contribution in [0.4, 0.5) is 17.1 Å². The first-order chi connectivity index (χ1) is 25.8. The van der Waals surface area contributed by atoms with Gasteiger partial charge in [-0.15, -0.1) is 0 Å². The minimum absolute atomic E-state index is 1.11. The van der Waals surface area contributed by atoms with E-state index in [0.29, 0.717) is 0 Å². The first-order valence-corrected chi connectivity index (χ1v) is 17.8. The standard InChI is InChI=1S/C50H36N2/c1-4-14-37(15-5-1)24-25-38-26-30-42(31-27-38)51(41-18-8-3-9-19-41)44-34-35-50-48(36-44)47-22-12-13-23-49(47)52(50)43-32-28-40(29-33-43)46-21-11-10-20-45(46)39-16-6-2-7-17-39/h1-36H. The molecule has 0 fully saturated rings. The van der Waals surface area contributed by atoms with Crippen LogP contribution in [0.25, 0.3) is 61.9 Å². The van der Waals surface area contributed by atoms with Crippen molar-refractivity contribution in [1.29, 1.82) is 0 Å². The molecule has 9 aromatic rings. The summed E-state index contributed by atoms with van der Waals surface area (Å²) >= 11 is 0. The molecule has 0 unspecified atom stereocenters. The maximum atomic E-state index is 2.39. The first kappa shape index (κ1) is 31.1. The van der Waals surface area contributed by atoms with Gasteiger partial charge in [0.2, 0.25) is 0 Å². The van der Waals surface area contributed by atoms with E-state index in [2.05, 4.69) is 222 Å². The van der Waals surface area contributed by atoms with Crippen LogP contribution in [0.3, 0.4) is 0 Å². The van der Waals surface area contributed by atoms with Gasteiger partial charge in [-0.3, -0.25) is 0 Å². The summed E-state index contributed by atoms with van der Waals surface area (Å²) in [4.78, 5) is 2.34. The van der Waals surface area contributed by atoms with Gasteiger partial charge >= 0.3 is 0 Å². The highest BCUT2D eigenvalue weighted by Gasteiger charge is 2.17. The highest BCUT2D eigenvalue weighted by atomic mass is 15.1. The van der Waals surface area contributed by atoms with Crippen LogP contribution in [0.5, 0.6) is 0 Å². The average Bonchev–Trinajstić information content (AvgIpc) is 3.55. The smallest absolute Gasteiger partial charge is 0.0542 e. The van der Waals surface area contributed by atoms with Crippen LogP contribution in [-0.4, -0.2) is 4.57 Å². The summed E-state index contributed by atoms with van der Waals surface area (Å²) in [5, 5.41) is 2.45. The molecule has 1 aromatic heterocycles. The van der Waals surface area contributed by atoms with Crippen molar-refractivity contribution in [2.24, 2.45) is 0 Å². The predicted molar refractivity (Wildman–Crippen MR) is 222 cm³/mol. The lowest BCUT2D eigenvalue weighted by Gasteiger charge is -2.25. The molecule has 52 heavy (non-hydrogen) atoms. The Morgan fingerprint density at radius 1 is 0.346 bits per heavy atom. The Balaban J connectivity index is 1.11. The highest BCUT2D eigenvalue weighted by molar-refractivity contribution is 6.10. The molecule has 0 spiro atoms. The zero-order chi connectivity index (χ0) is 34.7. The quantitative estimate of drug-likeness (QED) is 0.147. The van der Waals surface area contributed by atoms with E-state index in [1.54, 1.807) is 0 Å². The minimum Gasteiger partial charge on any atom is -0.310 e. The van der Waals surface area contributed by atoms with Crippen LogP contribution in [-0.2, 0) is 0 Å². The zero-order valence-electron chi connectivity index (χ0n) is 28.7. The fourth-order valence-electron chi connectivity index (χ4n) is 7.29. The van der Waals surface area contributed by atoms with E-state index in [1.165, 1.54) is 49.6 Å². The van der Waals surface area contributed by atoms with E-state index < -0.39 is 0 Å². The summed E-state index contributed by atoms with van der Waals surface area (Å²) < 4.78 is 2.39. The molecule has 2 nitrogen and oxygen atoms in total. The number of aromatic nitrogens is 1. The van der Waals surface area contributed by atoms with E-state index in [1.807, 2.05) is 6.07 Å². The van der Waals surface area contributed by atoms with Gasteiger partial charge < -0.3 is 9.47 Å². The van der Waals surface area contributed by atoms with Crippen LogP contribution in [0.15, 0.2) is 206 Å². The Kier molecular flexibility index (Phi) is 8.24. The normalized spacial score (nSPS) is 11.4. The summed E-state index contributed by atoms with van der Waals surface area (Å²) in [5.74, 6) is 0. The van der Waals surface area contributed by atoms with Crippen LogP contribution in [0.1, 0.15) is 11.1 Å². The molecule has 0 saturated carbocycles. The average molecular weight is 665 g/mol. The largest absolute Gasteiger partial charge is 0.310 e. The van der Waals surface area contributed by atoms with E-state index in [0.717, 1.165) is 28.3 Å². The van der Waals surface area contributed by atoms with E-state index >= 15 is 0 Å². The van der Waals surface area contributed by atoms with Crippen molar-refractivity contribution < 1.29 is 0 Å². The van der Waals surface area contributed by atoms with Crippen molar-refractivity contribution >= 4 is 51.0 Å². The Morgan fingerprint density at radius 2 is 0.846 bits per heavy atom. The number of nitrogens with zero attached hydrogens (tertiary/aromatic N) is 2. The lowest BCUT2D eigenvalue weighted by atomic mass is 9.94. The van der Waals surface area contributed by atoms with Crippen molar-refractivity contribution in [3.05, 3.63) is 217 Å². The lowest BCUT2D eigenvalue weighted by molar-refractivity contribution is 1.18. The van der Waals surface area contributed by atoms with Gasteiger partial charge in [-0.2, -0.15) is 0 Å². The third kappa shape index (κ3) is 5.97. The fourth-order valence-corrected chi connectivity index (χ4v) is 7.29.